The van der Waals surface area contributed by atoms with Gasteiger partial charge >= 0.3 is 5.97 Å². The van der Waals surface area contributed by atoms with Crippen molar-refractivity contribution in [1.82, 2.24) is 10.2 Å². The molecule has 156 valence electrons. The number of aliphatic carboxylic acids is 1. The van der Waals surface area contributed by atoms with Crippen LogP contribution >= 0.6 is 0 Å². The Labute approximate surface area is 168 Å². The molecule has 0 aromatic carbocycles. The molecule has 6 aliphatic carbocycles. The van der Waals surface area contributed by atoms with Crippen molar-refractivity contribution in [3.05, 3.63) is 0 Å². The van der Waals surface area contributed by atoms with Gasteiger partial charge in [0.1, 0.15) is 0 Å². The second kappa shape index (κ2) is 6.20. The Morgan fingerprint density at radius 2 is 1.68 bits per heavy atom. The summed E-state index contributed by atoms with van der Waals surface area (Å²) >= 11 is 0. The number of carbonyl (C=O) groups is 2. The van der Waals surface area contributed by atoms with Gasteiger partial charge in [0.15, 0.2) is 0 Å². The highest BCUT2D eigenvalue weighted by Gasteiger charge is 2.62. The number of carboxylic acid groups (broad SMARTS) is 1. The number of carboxylic acids is 1. The summed E-state index contributed by atoms with van der Waals surface area (Å²) in [5, 5.41) is 12.6. The molecule has 0 saturated heterocycles. The van der Waals surface area contributed by atoms with Gasteiger partial charge in [-0.25, -0.2) is 0 Å². The molecule has 2 atom stereocenters. The molecule has 0 aromatic rings. The number of nitrogens with one attached hydrogen (secondary N) is 1. The van der Waals surface area contributed by atoms with E-state index in [9.17, 15) is 14.7 Å². The lowest BCUT2D eigenvalue weighted by atomic mass is 9.40. The average molecular weight is 389 g/mol. The van der Waals surface area contributed by atoms with Gasteiger partial charge in [0.2, 0.25) is 5.91 Å². The number of hydrogen-bond acceptors (Lipinski definition) is 3. The highest BCUT2D eigenvalue weighted by molar-refractivity contribution is 5.83. The van der Waals surface area contributed by atoms with E-state index in [0.717, 1.165) is 44.6 Å². The molecule has 0 spiro atoms. The van der Waals surface area contributed by atoms with Crippen LogP contribution in [0.3, 0.4) is 0 Å². The van der Waals surface area contributed by atoms with Crippen LogP contribution in [0.5, 0.6) is 0 Å². The summed E-state index contributed by atoms with van der Waals surface area (Å²) in [5.41, 5.74) is 0.579. The third kappa shape index (κ3) is 3.38. The molecule has 0 radical (unpaired) electrons. The zero-order valence-corrected chi connectivity index (χ0v) is 17.5. The fraction of sp³-hybridized carbons (Fsp3) is 0.913. The van der Waals surface area contributed by atoms with Gasteiger partial charge in [-0.3, -0.25) is 14.5 Å². The number of carbonyl (C=O) groups excluding carboxylic acids is 1. The quantitative estimate of drug-likeness (QED) is 0.701. The molecule has 2 N–H and O–H groups in total. The van der Waals surface area contributed by atoms with Gasteiger partial charge in [-0.1, -0.05) is 13.8 Å². The number of nitrogens with zero attached hydrogens (tertiary/aromatic N) is 1. The Kier molecular flexibility index (Phi) is 4.18. The molecule has 6 fully saturated rings. The predicted octanol–water partition coefficient (Wildman–Crippen LogP) is 3.43. The maximum Gasteiger partial charge on any atom is 0.317 e. The molecule has 6 aliphatic rings. The first-order chi connectivity index (χ1) is 13.2. The van der Waals surface area contributed by atoms with Crippen molar-refractivity contribution >= 4 is 11.9 Å². The SMILES string of the molecule is CC12CC3CC(C)(C1)CC(C(=O)NC1CC(N(CC(=O)O)CC4CC4)C1)(C3)C2. The first-order valence-electron chi connectivity index (χ1n) is 11.4. The van der Waals surface area contributed by atoms with Crippen molar-refractivity contribution < 1.29 is 14.7 Å². The van der Waals surface area contributed by atoms with E-state index in [1.807, 2.05) is 0 Å². The summed E-state index contributed by atoms with van der Waals surface area (Å²) in [6.45, 7) is 5.89. The minimum atomic E-state index is -0.733. The molecule has 28 heavy (non-hydrogen) atoms. The maximum atomic E-state index is 13.4. The Morgan fingerprint density at radius 1 is 1.04 bits per heavy atom. The van der Waals surface area contributed by atoms with Gasteiger partial charge in [-0.15, -0.1) is 0 Å². The third-order valence-corrected chi connectivity index (χ3v) is 8.60. The van der Waals surface area contributed by atoms with E-state index >= 15 is 0 Å². The molecule has 2 unspecified atom stereocenters. The van der Waals surface area contributed by atoms with E-state index in [1.165, 1.54) is 32.1 Å². The fourth-order valence-electron chi connectivity index (χ4n) is 8.19. The Balaban J connectivity index is 1.20. The first kappa shape index (κ1) is 18.9. The molecule has 6 saturated carbocycles. The van der Waals surface area contributed by atoms with Gasteiger partial charge in [0, 0.05) is 18.6 Å². The smallest absolute Gasteiger partial charge is 0.317 e. The van der Waals surface area contributed by atoms with Crippen LogP contribution < -0.4 is 5.32 Å². The monoisotopic (exact) mass is 388 g/mol. The van der Waals surface area contributed by atoms with Crippen molar-refractivity contribution in [2.75, 3.05) is 13.1 Å². The molecule has 0 heterocycles. The molecule has 6 rings (SSSR count). The van der Waals surface area contributed by atoms with Crippen molar-refractivity contribution in [1.29, 1.82) is 0 Å². The summed E-state index contributed by atoms with van der Waals surface area (Å²) in [4.78, 5) is 26.8. The minimum Gasteiger partial charge on any atom is -0.480 e. The molecule has 0 aliphatic heterocycles. The first-order valence-corrected chi connectivity index (χ1v) is 11.4. The maximum absolute atomic E-state index is 13.4. The lowest BCUT2D eigenvalue weighted by Gasteiger charge is -2.64. The Hall–Kier alpha value is -1.10. The van der Waals surface area contributed by atoms with E-state index in [1.54, 1.807) is 0 Å². The van der Waals surface area contributed by atoms with E-state index in [4.69, 9.17) is 0 Å². The van der Waals surface area contributed by atoms with Gasteiger partial charge < -0.3 is 10.4 Å². The van der Waals surface area contributed by atoms with Crippen LogP contribution in [0.2, 0.25) is 0 Å². The lowest BCUT2D eigenvalue weighted by molar-refractivity contribution is -0.171. The van der Waals surface area contributed by atoms with Gasteiger partial charge in [-0.2, -0.15) is 0 Å². The largest absolute Gasteiger partial charge is 0.480 e. The van der Waals surface area contributed by atoms with E-state index < -0.39 is 5.97 Å². The molecule has 1 amide bonds. The van der Waals surface area contributed by atoms with Crippen molar-refractivity contribution in [2.45, 2.75) is 90.1 Å². The molecule has 4 bridgehead atoms. The van der Waals surface area contributed by atoms with Crippen LogP contribution in [0.1, 0.15) is 78.1 Å². The highest BCUT2D eigenvalue weighted by atomic mass is 16.4. The van der Waals surface area contributed by atoms with Crippen LogP contribution in [0.15, 0.2) is 0 Å². The Bertz CT molecular complexity index is 663. The van der Waals surface area contributed by atoms with Crippen LogP contribution in [-0.4, -0.2) is 47.1 Å². The number of hydrogen-bond donors (Lipinski definition) is 2. The second-order valence-electron chi connectivity index (χ2n) is 12.0. The molecule has 5 nitrogen and oxygen atoms in total. The summed E-state index contributed by atoms with van der Waals surface area (Å²) in [6, 6.07) is 0.565. The van der Waals surface area contributed by atoms with Crippen LogP contribution in [0, 0.1) is 28.1 Å². The minimum absolute atomic E-state index is 0.136. The molecule has 5 heteroatoms. The van der Waals surface area contributed by atoms with Gasteiger partial charge in [0.05, 0.1) is 12.0 Å². The zero-order valence-electron chi connectivity index (χ0n) is 17.5. The average Bonchev–Trinajstić information content (AvgIpc) is 3.29. The van der Waals surface area contributed by atoms with Crippen molar-refractivity contribution in [2.24, 2.45) is 28.1 Å². The summed E-state index contributed by atoms with van der Waals surface area (Å²) in [5.74, 6) is 1.00. The van der Waals surface area contributed by atoms with Crippen LogP contribution in [-0.2, 0) is 9.59 Å². The highest BCUT2D eigenvalue weighted by Crippen LogP contribution is 2.69. The van der Waals surface area contributed by atoms with E-state index in [2.05, 4.69) is 24.1 Å². The molecular weight excluding hydrogens is 352 g/mol. The summed E-state index contributed by atoms with van der Waals surface area (Å²) in [6.07, 6.45) is 11.5. The second-order valence-corrected chi connectivity index (χ2v) is 12.0. The fourth-order valence-corrected chi connectivity index (χ4v) is 8.19. The molecule has 0 aromatic heterocycles. The summed E-state index contributed by atoms with van der Waals surface area (Å²) < 4.78 is 0. The van der Waals surface area contributed by atoms with Crippen LogP contribution in [0.25, 0.3) is 0 Å². The number of rotatable bonds is 7. The van der Waals surface area contributed by atoms with Crippen molar-refractivity contribution in [3.8, 4) is 0 Å². The standard InChI is InChI=1S/C23H36N2O3/c1-21-7-16-8-22(2,12-21)14-23(9-16,13-21)20(28)24-17-5-18(6-17)25(11-19(26)27)10-15-3-4-15/h15-18H,3-14H2,1-2H3,(H,24,28)(H,26,27). The lowest BCUT2D eigenvalue weighted by Crippen LogP contribution is -2.63. The Morgan fingerprint density at radius 3 is 2.21 bits per heavy atom. The van der Waals surface area contributed by atoms with Gasteiger partial charge in [0.25, 0.3) is 0 Å². The predicted molar refractivity (Wildman–Crippen MR) is 107 cm³/mol. The topological polar surface area (TPSA) is 69.6 Å². The molecular formula is C23H36N2O3. The zero-order chi connectivity index (χ0) is 19.7. The van der Waals surface area contributed by atoms with Crippen molar-refractivity contribution in [3.63, 3.8) is 0 Å². The van der Waals surface area contributed by atoms with E-state index in [0.29, 0.717) is 28.7 Å². The van der Waals surface area contributed by atoms with E-state index in [-0.39, 0.29) is 18.0 Å². The number of amides is 1. The third-order valence-electron chi connectivity index (χ3n) is 8.60. The normalized spacial score (nSPS) is 46.5. The van der Waals surface area contributed by atoms with Crippen LogP contribution in [0.4, 0.5) is 0 Å². The van der Waals surface area contributed by atoms with Gasteiger partial charge in [-0.05, 0) is 86.9 Å². The summed E-state index contributed by atoms with van der Waals surface area (Å²) in [7, 11) is 0.